The third kappa shape index (κ3) is 2.35. The number of nitrogens with one attached hydrogen (secondary N) is 1. The van der Waals surface area contributed by atoms with Crippen LogP contribution in [0, 0.1) is 0 Å². The van der Waals surface area contributed by atoms with Crippen LogP contribution >= 0.6 is 0 Å². The molecule has 6 nitrogen and oxygen atoms in total. The molecule has 3 N–H and O–H groups in total. The van der Waals surface area contributed by atoms with Crippen LogP contribution in [0.5, 0.6) is 0 Å². The largest absolute Gasteiger partial charge is 0.381 e. The highest BCUT2D eigenvalue weighted by atomic mass is 32.2. The maximum atomic E-state index is 11.9. The molecule has 0 amide bonds. The Hall–Kier alpha value is -1.08. The summed E-state index contributed by atoms with van der Waals surface area (Å²) >= 11 is 0. The molecule has 1 aromatic rings. The lowest BCUT2D eigenvalue weighted by molar-refractivity contribution is 0.579. The molecule has 7 heteroatoms. The second-order valence-electron chi connectivity index (χ2n) is 4.04. The minimum atomic E-state index is -3.48. The van der Waals surface area contributed by atoms with Gasteiger partial charge in [0.05, 0.1) is 0 Å². The van der Waals surface area contributed by atoms with Gasteiger partial charge in [-0.3, -0.25) is 4.68 Å². The van der Waals surface area contributed by atoms with Gasteiger partial charge in [-0.25, -0.2) is 13.1 Å². The van der Waals surface area contributed by atoms with E-state index in [2.05, 4.69) is 9.82 Å². The Bertz CT molecular complexity index is 476. The van der Waals surface area contributed by atoms with Gasteiger partial charge in [-0.05, 0) is 19.3 Å². The molecule has 2 rings (SSSR count). The van der Waals surface area contributed by atoms with Gasteiger partial charge in [-0.1, -0.05) is 6.92 Å². The predicted molar refractivity (Wildman–Crippen MR) is 60.3 cm³/mol. The quantitative estimate of drug-likeness (QED) is 0.780. The Kier molecular flexibility index (Phi) is 2.90. The average Bonchev–Trinajstić information content (AvgIpc) is 2.89. The van der Waals surface area contributed by atoms with Crippen molar-refractivity contribution in [2.24, 2.45) is 0 Å². The Morgan fingerprint density at radius 1 is 1.62 bits per heavy atom. The van der Waals surface area contributed by atoms with E-state index >= 15 is 0 Å². The number of sulfonamides is 1. The number of hydrogen-bond donors (Lipinski definition) is 2. The zero-order valence-electron chi connectivity index (χ0n) is 9.18. The van der Waals surface area contributed by atoms with E-state index in [1.807, 2.05) is 6.92 Å². The summed E-state index contributed by atoms with van der Waals surface area (Å²) < 4.78 is 27.9. The van der Waals surface area contributed by atoms with E-state index in [0.29, 0.717) is 6.54 Å². The first kappa shape index (κ1) is 11.4. The van der Waals surface area contributed by atoms with Gasteiger partial charge in [-0.15, -0.1) is 0 Å². The lowest BCUT2D eigenvalue weighted by Gasteiger charge is -2.02. The van der Waals surface area contributed by atoms with Gasteiger partial charge in [0, 0.05) is 18.8 Å². The molecule has 1 aromatic heterocycles. The molecule has 0 spiro atoms. The molecule has 90 valence electrons. The number of nitrogens with two attached hydrogens (primary N) is 1. The molecule has 1 saturated carbocycles. The van der Waals surface area contributed by atoms with Gasteiger partial charge in [0.1, 0.15) is 4.90 Å². The van der Waals surface area contributed by atoms with Crippen LogP contribution in [0.15, 0.2) is 11.1 Å². The first-order chi connectivity index (χ1) is 7.53. The minimum Gasteiger partial charge on any atom is -0.381 e. The Morgan fingerprint density at radius 2 is 2.31 bits per heavy atom. The Labute approximate surface area is 94.9 Å². The van der Waals surface area contributed by atoms with E-state index in [1.54, 1.807) is 4.68 Å². The van der Waals surface area contributed by atoms with E-state index in [9.17, 15) is 8.42 Å². The van der Waals surface area contributed by atoms with Gasteiger partial charge in [0.2, 0.25) is 10.0 Å². The lowest BCUT2D eigenvalue weighted by atomic mass is 10.5. The van der Waals surface area contributed by atoms with Crippen molar-refractivity contribution in [3.05, 3.63) is 6.20 Å². The lowest BCUT2D eigenvalue weighted by Crippen LogP contribution is -2.26. The van der Waals surface area contributed by atoms with E-state index < -0.39 is 10.0 Å². The van der Waals surface area contributed by atoms with Crippen LogP contribution in [0.1, 0.15) is 26.2 Å². The molecule has 0 aromatic carbocycles. The third-order valence-electron chi connectivity index (χ3n) is 2.40. The first-order valence-corrected chi connectivity index (χ1v) is 6.86. The highest BCUT2D eigenvalue weighted by Crippen LogP contribution is 2.24. The number of aryl methyl sites for hydroxylation is 1. The molecule has 1 aliphatic rings. The fourth-order valence-electron chi connectivity index (χ4n) is 1.45. The topological polar surface area (TPSA) is 90.0 Å². The van der Waals surface area contributed by atoms with Gasteiger partial charge < -0.3 is 5.73 Å². The SMILES string of the molecule is CCCn1cc(S(=O)(=O)NC2CC2)c(N)n1. The average molecular weight is 244 g/mol. The Morgan fingerprint density at radius 3 is 2.88 bits per heavy atom. The number of nitrogen functional groups attached to an aromatic ring is 1. The molecular formula is C9H16N4O2S. The van der Waals surface area contributed by atoms with Crippen LogP contribution in [0.4, 0.5) is 5.82 Å². The summed E-state index contributed by atoms with van der Waals surface area (Å²) in [5.41, 5.74) is 5.60. The third-order valence-corrected chi connectivity index (χ3v) is 3.93. The van der Waals surface area contributed by atoms with Gasteiger partial charge in [0.15, 0.2) is 5.82 Å². The number of aromatic nitrogens is 2. The summed E-state index contributed by atoms with van der Waals surface area (Å²) in [5.74, 6) is 0.0709. The van der Waals surface area contributed by atoms with E-state index in [-0.39, 0.29) is 16.8 Å². The van der Waals surface area contributed by atoms with Crippen LogP contribution < -0.4 is 10.5 Å². The van der Waals surface area contributed by atoms with E-state index in [1.165, 1.54) is 6.20 Å². The normalized spacial score (nSPS) is 16.6. The second kappa shape index (κ2) is 4.06. The van der Waals surface area contributed by atoms with Gasteiger partial charge in [0.25, 0.3) is 0 Å². The summed E-state index contributed by atoms with van der Waals surface area (Å²) in [5, 5.41) is 3.97. The van der Waals surface area contributed by atoms with Crippen molar-refractivity contribution in [2.45, 2.75) is 43.7 Å². The predicted octanol–water partition coefficient (Wildman–Crippen LogP) is 0.316. The van der Waals surface area contributed by atoms with E-state index in [0.717, 1.165) is 19.3 Å². The summed E-state index contributed by atoms with van der Waals surface area (Å²) in [4.78, 5) is 0.0906. The minimum absolute atomic E-state index is 0.0709. The summed E-state index contributed by atoms with van der Waals surface area (Å²) in [7, 11) is -3.48. The van der Waals surface area contributed by atoms with Crippen LogP contribution in [0.25, 0.3) is 0 Å². The second-order valence-corrected chi connectivity index (χ2v) is 5.72. The molecule has 0 unspecified atom stereocenters. The molecule has 1 heterocycles. The molecule has 0 aliphatic heterocycles. The number of rotatable bonds is 5. The molecular weight excluding hydrogens is 228 g/mol. The first-order valence-electron chi connectivity index (χ1n) is 5.38. The van der Waals surface area contributed by atoms with Crippen LogP contribution in [-0.4, -0.2) is 24.2 Å². The highest BCUT2D eigenvalue weighted by Gasteiger charge is 2.30. The molecule has 0 saturated heterocycles. The maximum Gasteiger partial charge on any atom is 0.246 e. The van der Waals surface area contributed by atoms with Crippen molar-refractivity contribution in [3.63, 3.8) is 0 Å². The van der Waals surface area contributed by atoms with Crippen LogP contribution in [0.2, 0.25) is 0 Å². The number of hydrogen-bond acceptors (Lipinski definition) is 4. The molecule has 16 heavy (non-hydrogen) atoms. The van der Waals surface area contributed by atoms with Crippen molar-refractivity contribution >= 4 is 15.8 Å². The van der Waals surface area contributed by atoms with Crippen molar-refractivity contribution in [1.29, 1.82) is 0 Å². The van der Waals surface area contributed by atoms with Crippen molar-refractivity contribution in [1.82, 2.24) is 14.5 Å². The zero-order chi connectivity index (χ0) is 11.8. The van der Waals surface area contributed by atoms with Gasteiger partial charge in [-0.2, -0.15) is 5.10 Å². The molecule has 0 bridgehead atoms. The van der Waals surface area contributed by atoms with E-state index in [4.69, 9.17) is 5.73 Å². The van der Waals surface area contributed by atoms with Crippen molar-refractivity contribution < 1.29 is 8.42 Å². The van der Waals surface area contributed by atoms with Crippen molar-refractivity contribution in [2.75, 3.05) is 5.73 Å². The monoisotopic (exact) mass is 244 g/mol. The smallest absolute Gasteiger partial charge is 0.246 e. The Balaban J connectivity index is 2.24. The fourth-order valence-corrected chi connectivity index (χ4v) is 2.83. The highest BCUT2D eigenvalue weighted by molar-refractivity contribution is 7.89. The van der Waals surface area contributed by atoms with Crippen LogP contribution in [-0.2, 0) is 16.6 Å². The molecule has 1 fully saturated rings. The van der Waals surface area contributed by atoms with Crippen molar-refractivity contribution in [3.8, 4) is 0 Å². The molecule has 0 atom stereocenters. The molecule has 1 aliphatic carbocycles. The summed E-state index contributed by atoms with van der Waals surface area (Å²) in [6.45, 7) is 2.66. The maximum absolute atomic E-state index is 11.9. The molecule has 0 radical (unpaired) electrons. The fraction of sp³-hybridized carbons (Fsp3) is 0.667. The summed E-state index contributed by atoms with van der Waals surface area (Å²) in [6, 6.07) is 0.0823. The number of anilines is 1. The standard InChI is InChI=1S/C9H16N4O2S/c1-2-5-13-6-8(9(10)11-13)16(14,15)12-7-3-4-7/h6-7,12H,2-5H2,1H3,(H2,10,11). The summed E-state index contributed by atoms with van der Waals surface area (Å²) in [6.07, 6.45) is 4.19. The number of nitrogens with zero attached hydrogens (tertiary/aromatic N) is 2. The zero-order valence-corrected chi connectivity index (χ0v) is 10.00. The van der Waals surface area contributed by atoms with Crippen LogP contribution in [0.3, 0.4) is 0 Å². The van der Waals surface area contributed by atoms with Gasteiger partial charge >= 0.3 is 0 Å².